The Balaban J connectivity index is 1.83. The normalized spacial score (nSPS) is 11.9. The van der Waals surface area contributed by atoms with E-state index in [1.807, 2.05) is 47.8 Å². The Kier molecular flexibility index (Phi) is 4.95. The van der Waals surface area contributed by atoms with Crippen LogP contribution in [0.25, 0.3) is 0 Å². The van der Waals surface area contributed by atoms with Crippen LogP contribution in [0.1, 0.15) is 16.0 Å². The van der Waals surface area contributed by atoms with Gasteiger partial charge in [0.15, 0.2) is 0 Å². The van der Waals surface area contributed by atoms with E-state index >= 15 is 0 Å². The van der Waals surface area contributed by atoms with E-state index in [2.05, 4.69) is 0 Å². The second-order valence-corrected chi connectivity index (χ2v) is 8.22. The number of hydrogen-bond donors (Lipinski definition) is 0. The van der Waals surface area contributed by atoms with Gasteiger partial charge in [-0.3, -0.25) is 0 Å². The highest BCUT2D eigenvalue weighted by atomic mass is 32.2. The fraction of sp³-hybridized carbons (Fsp3) is 0.176. The number of thiophene rings is 1. The highest BCUT2D eigenvalue weighted by molar-refractivity contribution is 7.88. The molecule has 0 saturated heterocycles. The van der Waals surface area contributed by atoms with Crippen molar-refractivity contribution in [3.05, 3.63) is 82.4 Å². The Morgan fingerprint density at radius 2 is 1.78 bits per heavy atom. The summed E-state index contributed by atoms with van der Waals surface area (Å²) in [4.78, 5) is 1.02. The monoisotopic (exact) mass is 347 g/mol. The summed E-state index contributed by atoms with van der Waals surface area (Å²) >= 11 is 1.56. The summed E-state index contributed by atoms with van der Waals surface area (Å²) in [5.74, 6) is -0.00291. The molecular formula is C17H17NO3S2. The van der Waals surface area contributed by atoms with Gasteiger partial charge in [0.25, 0.3) is 0 Å². The first-order chi connectivity index (χ1) is 11.1. The number of rotatable bonds is 7. The maximum Gasteiger partial charge on any atom is 0.218 e. The number of furan rings is 1. The van der Waals surface area contributed by atoms with E-state index in [4.69, 9.17) is 4.42 Å². The molecule has 3 rings (SSSR count). The molecule has 0 bridgehead atoms. The first-order valence-corrected chi connectivity index (χ1v) is 9.67. The first-order valence-electron chi connectivity index (χ1n) is 7.19. The average molecular weight is 347 g/mol. The Labute approximate surface area is 140 Å². The molecule has 0 N–H and O–H groups in total. The van der Waals surface area contributed by atoms with Crippen molar-refractivity contribution in [1.29, 1.82) is 0 Å². The predicted molar refractivity (Wildman–Crippen MR) is 91.3 cm³/mol. The van der Waals surface area contributed by atoms with Gasteiger partial charge in [0.05, 0.1) is 18.3 Å². The van der Waals surface area contributed by atoms with E-state index in [1.54, 1.807) is 29.9 Å². The number of nitrogens with zero attached hydrogens (tertiary/aromatic N) is 1. The zero-order valence-electron chi connectivity index (χ0n) is 12.5. The fourth-order valence-corrected chi connectivity index (χ4v) is 4.57. The number of sulfonamides is 1. The lowest BCUT2D eigenvalue weighted by atomic mass is 10.2. The quantitative estimate of drug-likeness (QED) is 0.652. The first kappa shape index (κ1) is 16.0. The van der Waals surface area contributed by atoms with Gasteiger partial charge in [-0.15, -0.1) is 11.3 Å². The molecule has 4 nitrogen and oxygen atoms in total. The van der Waals surface area contributed by atoms with E-state index in [-0.39, 0.29) is 5.75 Å². The lowest BCUT2D eigenvalue weighted by Gasteiger charge is -2.21. The van der Waals surface area contributed by atoms with E-state index in [0.717, 1.165) is 16.0 Å². The smallest absolute Gasteiger partial charge is 0.218 e. The predicted octanol–water partition coefficient (Wildman–Crippen LogP) is 3.87. The molecule has 0 amide bonds. The number of benzene rings is 1. The minimum atomic E-state index is -3.43. The van der Waals surface area contributed by atoms with Gasteiger partial charge < -0.3 is 4.42 Å². The van der Waals surface area contributed by atoms with Crippen molar-refractivity contribution in [2.24, 2.45) is 0 Å². The van der Waals surface area contributed by atoms with Gasteiger partial charge in [0.1, 0.15) is 0 Å². The van der Waals surface area contributed by atoms with E-state index in [9.17, 15) is 8.42 Å². The van der Waals surface area contributed by atoms with Gasteiger partial charge in [-0.1, -0.05) is 36.4 Å². The van der Waals surface area contributed by atoms with Crippen LogP contribution >= 0.6 is 11.3 Å². The van der Waals surface area contributed by atoms with Crippen LogP contribution in [0.2, 0.25) is 0 Å². The Morgan fingerprint density at radius 1 is 0.957 bits per heavy atom. The third kappa shape index (κ3) is 4.31. The molecule has 6 heteroatoms. The SMILES string of the molecule is O=S(=O)(Cc1ccccc1)N(Cc1ccoc1)Cc1cccs1. The van der Waals surface area contributed by atoms with Gasteiger partial charge in [0.2, 0.25) is 10.0 Å². The lowest BCUT2D eigenvalue weighted by Crippen LogP contribution is -2.31. The molecule has 0 aliphatic carbocycles. The van der Waals surface area contributed by atoms with Gasteiger partial charge in [-0.05, 0) is 23.1 Å². The van der Waals surface area contributed by atoms with Crippen molar-refractivity contribution < 1.29 is 12.8 Å². The van der Waals surface area contributed by atoms with Crippen molar-refractivity contribution in [3.8, 4) is 0 Å². The lowest BCUT2D eigenvalue weighted by molar-refractivity contribution is 0.401. The van der Waals surface area contributed by atoms with E-state index < -0.39 is 10.0 Å². The van der Waals surface area contributed by atoms with Crippen LogP contribution in [-0.4, -0.2) is 12.7 Å². The van der Waals surface area contributed by atoms with E-state index in [0.29, 0.717) is 13.1 Å². The van der Waals surface area contributed by atoms with E-state index in [1.165, 1.54) is 4.31 Å². The van der Waals surface area contributed by atoms with Crippen LogP contribution in [-0.2, 0) is 28.9 Å². The Morgan fingerprint density at radius 3 is 2.43 bits per heavy atom. The molecule has 0 atom stereocenters. The molecule has 2 aromatic heterocycles. The fourth-order valence-electron chi connectivity index (χ4n) is 2.29. The molecule has 0 aliphatic rings. The summed E-state index contributed by atoms with van der Waals surface area (Å²) in [6, 6.07) is 14.9. The summed E-state index contributed by atoms with van der Waals surface area (Å²) in [5, 5.41) is 1.95. The standard InChI is InChI=1S/C17H17NO3S2/c19-23(20,14-15-5-2-1-3-6-15)18(11-16-8-9-21-13-16)12-17-7-4-10-22-17/h1-10,13H,11-12,14H2. The molecule has 120 valence electrons. The molecule has 3 aromatic rings. The van der Waals surface area contributed by atoms with Crippen LogP contribution in [0.3, 0.4) is 0 Å². The largest absolute Gasteiger partial charge is 0.472 e. The summed E-state index contributed by atoms with van der Waals surface area (Å²) in [7, 11) is -3.43. The molecule has 1 aromatic carbocycles. The maximum absolute atomic E-state index is 12.9. The van der Waals surface area contributed by atoms with Crippen LogP contribution in [0.15, 0.2) is 70.9 Å². The molecule has 0 spiro atoms. The third-order valence-corrected chi connectivity index (χ3v) is 6.04. The van der Waals surface area contributed by atoms with Gasteiger partial charge in [0, 0.05) is 23.5 Å². The van der Waals surface area contributed by atoms with Crippen molar-refractivity contribution in [2.75, 3.05) is 0 Å². The highest BCUT2D eigenvalue weighted by Crippen LogP contribution is 2.20. The van der Waals surface area contributed by atoms with Crippen LogP contribution < -0.4 is 0 Å². The van der Waals surface area contributed by atoms with Gasteiger partial charge >= 0.3 is 0 Å². The second-order valence-electron chi connectivity index (χ2n) is 5.22. The van der Waals surface area contributed by atoms with Crippen LogP contribution in [0.5, 0.6) is 0 Å². The molecule has 0 radical (unpaired) electrons. The van der Waals surface area contributed by atoms with Crippen LogP contribution in [0, 0.1) is 0 Å². The Bertz CT molecular complexity index is 774. The summed E-state index contributed by atoms with van der Waals surface area (Å²) in [6.45, 7) is 0.682. The molecule has 0 saturated carbocycles. The van der Waals surface area contributed by atoms with Crippen molar-refractivity contribution >= 4 is 21.4 Å². The molecule has 2 heterocycles. The zero-order chi connectivity index (χ0) is 16.1. The molecule has 0 aliphatic heterocycles. The maximum atomic E-state index is 12.9. The summed E-state index contributed by atoms with van der Waals surface area (Å²) in [6.07, 6.45) is 3.14. The minimum absolute atomic E-state index is 0.00291. The summed E-state index contributed by atoms with van der Waals surface area (Å²) in [5.41, 5.74) is 1.63. The zero-order valence-corrected chi connectivity index (χ0v) is 14.1. The van der Waals surface area contributed by atoms with Crippen molar-refractivity contribution in [2.45, 2.75) is 18.8 Å². The highest BCUT2D eigenvalue weighted by Gasteiger charge is 2.23. The Hall–Kier alpha value is -1.89. The minimum Gasteiger partial charge on any atom is -0.472 e. The second kappa shape index (κ2) is 7.12. The molecule has 23 heavy (non-hydrogen) atoms. The summed E-state index contributed by atoms with van der Waals surface area (Å²) < 4.78 is 32.3. The van der Waals surface area contributed by atoms with Crippen molar-refractivity contribution in [1.82, 2.24) is 4.31 Å². The van der Waals surface area contributed by atoms with Gasteiger partial charge in [-0.2, -0.15) is 4.31 Å². The molecule has 0 unspecified atom stereocenters. The van der Waals surface area contributed by atoms with Crippen molar-refractivity contribution in [3.63, 3.8) is 0 Å². The average Bonchev–Trinajstić information content (AvgIpc) is 3.21. The topological polar surface area (TPSA) is 50.5 Å². The van der Waals surface area contributed by atoms with Gasteiger partial charge in [-0.25, -0.2) is 8.42 Å². The molecule has 0 fully saturated rings. The molecular weight excluding hydrogens is 330 g/mol. The van der Waals surface area contributed by atoms with Crippen LogP contribution in [0.4, 0.5) is 0 Å². The number of hydrogen-bond acceptors (Lipinski definition) is 4. The third-order valence-electron chi connectivity index (χ3n) is 3.44.